The van der Waals surface area contributed by atoms with Crippen LogP contribution in [0.3, 0.4) is 0 Å². The van der Waals surface area contributed by atoms with E-state index in [1.54, 1.807) is 7.11 Å². The van der Waals surface area contributed by atoms with Gasteiger partial charge in [0.05, 0.1) is 14.2 Å². The zero-order chi connectivity index (χ0) is 12.1. The predicted molar refractivity (Wildman–Crippen MR) is 61.6 cm³/mol. The fourth-order valence-corrected chi connectivity index (χ4v) is 1.73. The number of nitrogens with two attached hydrogens (primary N) is 1. The number of hydrogen-bond acceptors (Lipinski definition) is 3. The Bertz CT molecular complexity index is 355. The van der Waals surface area contributed by atoms with Crippen molar-refractivity contribution in [3.05, 3.63) is 23.5 Å². The highest BCUT2D eigenvalue weighted by atomic mass is 19.1. The van der Waals surface area contributed by atoms with Crippen LogP contribution in [-0.2, 0) is 0 Å². The summed E-state index contributed by atoms with van der Waals surface area (Å²) in [5.74, 6) is 0.826. The number of methoxy groups -OCH3 is 2. The van der Waals surface area contributed by atoms with Crippen LogP contribution in [-0.4, -0.2) is 20.8 Å². The number of ether oxygens (including phenoxy) is 2. The molecule has 16 heavy (non-hydrogen) atoms. The lowest BCUT2D eigenvalue weighted by molar-refractivity contribution is 0.346. The van der Waals surface area contributed by atoms with E-state index in [2.05, 4.69) is 0 Å². The first-order valence-corrected chi connectivity index (χ1v) is 5.25. The molecular formula is C12H18FNO2. The summed E-state index contributed by atoms with van der Waals surface area (Å²) in [6.07, 6.45) is 0.781. The lowest BCUT2D eigenvalue weighted by Gasteiger charge is -2.17. The van der Waals surface area contributed by atoms with Crippen LogP contribution >= 0.6 is 0 Å². The lowest BCUT2D eigenvalue weighted by atomic mass is 9.96. The second-order valence-corrected chi connectivity index (χ2v) is 3.71. The van der Waals surface area contributed by atoms with Gasteiger partial charge in [0.1, 0.15) is 5.82 Å². The Hall–Kier alpha value is -1.29. The van der Waals surface area contributed by atoms with E-state index in [-0.39, 0.29) is 11.7 Å². The van der Waals surface area contributed by atoms with Crippen molar-refractivity contribution in [2.75, 3.05) is 20.8 Å². The van der Waals surface area contributed by atoms with Crippen LogP contribution in [0.25, 0.3) is 0 Å². The number of rotatable bonds is 5. The maximum absolute atomic E-state index is 13.4. The van der Waals surface area contributed by atoms with E-state index in [9.17, 15) is 4.39 Å². The van der Waals surface area contributed by atoms with Crippen LogP contribution in [0.2, 0.25) is 0 Å². The Morgan fingerprint density at radius 3 is 2.50 bits per heavy atom. The van der Waals surface area contributed by atoms with E-state index < -0.39 is 0 Å². The molecule has 1 atom stereocenters. The van der Waals surface area contributed by atoms with Gasteiger partial charge in [-0.1, -0.05) is 6.92 Å². The first-order chi connectivity index (χ1) is 7.63. The SMILES string of the molecule is COc1cc(F)cc(C(C)CCN)c1OC. The summed E-state index contributed by atoms with van der Waals surface area (Å²) in [5.41, 5.74) is 6.30. The summed E-state index contributed by atoms with van der Waals surface area (Å²) >= 11 is 0. The molecule has 0 radical (unpaired) electrons. The zero-order valence-electron chi connectivity index (χ0n) is 9.92. The topological polar surface area (TPSA) is 44.5 Å². The van der Waals surface area contributed by atoms with Crippen molar-refractivity contribution >= 4 is 0 Å². The first-order valence-electron chi connectivity index (χ1n) is 5.25. The van der Waals surface area contributed by atoms with Gasteiger partial charge in [0.25, 0.3) is 0 Å². The van der Waals surface area contributed by atoms with E-state index in [4.69, 9.17) is 15.2 Å². The van der Waals surface area contributed by atoms with Gasteiger partial charge in [0.2, 0.25) is 0 Å². The van der Waals surface area contributed by atoms with E-state index in [0.29, 0.717) is 18.0 Å². The molecule has 1 rings (SSSR count). The summed E-state index contributed by atoms with van der Waals surface area (Å²) in [6, 6.07) is 2.79. The Labute approximate surface area is 95.4 Å². The van der Waals surface area contributed by atoms with Crippen molar-refractivity contribution in [1.82, 2.24) is 0 Å². The van der Waals surface area contributed by atoms with Crippen molar-refractivity contribution in [1.29, 1.82) is 0 Å². The molecule has 0 bridgehead atoms. The third kappa shape index (κ3) is 2.64. The number of halogens is 1. The third-order valence-corrected chi connectivity index (χ3v) is 2.60. The van der Waals surface area contributed by atoms with E-state index in [1.807, 2.05) is 6.92 Å². The van der Waals surface area contributed by atoms with Gasteiger partial charge in [-0.25, -0.2) is 4.39 Å². The molecular weight excluding hydrogens is 209 g/mol. The molecule has 0 saturated heterocycles. The minimum absolute atomic E-state index is 0.143. The monoisotopic (exact) mass is 227 g/mol. The molecule has 0 aliphatic rings. The average Bonchev–Trinajstić information content (AvgIpc) is 2.28. The molecule has 3 nitrogen and oxygen atoms in total. The van der Waals surface area contributed by atoms with Gasteiger partial charge < -0.3 is 15.2 Å². The maximum Gasteiger partial charge on any atom is 0.164 e. The maximum atomic E-state index is 13.4. The van der Waals surface area contributed by atoms with Gasteiger partial charge >= 0.3 is 0 Å². The molecule has 4 heteroatoms. The van der Waals surface area contributed by atoms with Gasteiger partial charge in [-0.2, -0.15) is 0 Å². The van der Waals surface area contributed by atoms with Crippen molar-refractivity contribution < 1.29 is 13.9 Å². The van der Waals surface area contributed by atoms with Crippen LogP contribution in [0, 0.1) is 5.82 Å². The second-order valence-electron chi connectivity index (χ2n) is 3.71. The molecule has 0 amide bonds. The van der Waals surface area contributed by atoms with Crippen LogP contribution in [0.4, 0.5) is 4.39 Å². The summed E-state index contributed by atoms with van der Waals surface area (Å²) in [4.78, 5) is 0. The summed E-state index contributed by atoms with van der Waals surface area (Å²) in [5, 5.41) is 0. The lowest BCUT2D eigenvalue weighted by Crippen LogP contribution is -2.07. The molecule has 1 aromatic carbocycles. The fraction of sp³-hybridized carbons (Fsp3) is 0.500. The molecule has 1 unspecified atom stereocenters. The Morgan fingerprint density at radius 1 is 1.31 bits per heavy atom. The minimum Gasteiger partial charge on any atom is -0.493 e. The largest absolute Gasteiger partial charge is 0.493 e. The number of hydrogen-bond donors (Lipinski definition) is 1. The first kappa shape index (κ1) is 12.8. The van der Waals surface area contributed by atoms with Crippen LogP contribution in [0.15, 0.2) is 12.1 Å². The van der Waals surface area contributed by atoms with Crippen molar-refractivity contribution in [2.24, 2.45) is 5.73 Å². The van der Waals surface area contributed by atoms with Crippen molar-refractivity contribution in [3.63, 3.8) is 0 Å². The van der Waals surface area contributed by atoms with Crippen molar-refractivity contribution in [3.8, 4) is 11.5 Å². The smallest absolute Gasteiger partial charge is 0.164 e. The molecule has 0 aliphatic heterocycles. The number of benzene rings is 1. The highest BCUT2D eigenvalue weighted by Crippen LogP contribution is 2.37. The van der Waals surface area contributed by atoms with E-state index >= 15 is 0 Å². The second kappa shape index (κ2) is 5.70. The molecule has 0 aromatic heterocycles. The van der Waals surface area contributed by atoms with Gasteiger partial charge in [-0.05, 0) is 24.9 Å². The van der Waals surface area contributed by atoms with Crippen LogP contribution < -0.4 is 15.2 Å². The molecule has 0 spiro atoms. The van der Waals surface area contributed by atoms with Crippen LogP contribution in [0.1, 0.15) is 24.8 Å². The highest BCUT2D eigenvalue weighted by molar-refractivity contribution is 5.48. The third-order valence-electron chi connectivity index (χ3n) is 2.60. The van der Waals surface area contributed by atoms with E-state index in [1.165, 1.54) is 19.2 Å². The summed E-state index contributed by atoms with van der Waals surface area (Å²) in [6.45, 7) is 2.55. The predicted octanol–water partition coefficient (Wildman–Crippen LogP) is 2.30. The molecule has 0 saturated carbocycles. The quantitative estimate of drug-likeness (QED) is 0.839. The molecule has 0 heterocycles. The van der Waals surface area contributed by atoms with Gasteiger partial charge in [0, 0.05) is 11.6 Å². The highest BCUT2D eigenvalue weighted by Gasteiger charge is 2.17. The molecule has 0 fully saturated rings. The Balaban J connectivity index is 3.19. The Morgan fingerprint density at radius 2 is 2.00 bits per heavy atom. The minimum atomic E-state index is -0.323. The molecule has 90 valence electrons. The fourth-order valence-electron chi connectivity index (χ4n) is 1.73. The van der Waals surface area contributed by atoms with Crippen molar-refractivity contribution in [2.45, 2.75) is 19.3 Å². The van der Waals surface area contributed by atoms with Gasteiger partial charge in [0.15, 0.2) is 11.5 Å². The van der Waals surface area contributed by atoms with Crippen LogP contribution in [0.5, 0.6) is 11.5 Å². The standard InChI is InChI=1S/C12H18FNO2/c1-8(4-5-14)10-6-9(13)7-11(15-2)12(10)16-3/h6-8H,4-5,14H2,1-3H3. The zero-order valence-corrected chi connectivity index (χ0v) is 9.92. The van der Waals surface area contributed by atoms with Gasteiger partial charge in [-0.3, -0.25) is 0 Å². The Kier molecular flexibility index (Phi) is 4.55. The molecule has 0 aliphatic carbocycles. The normalized spacial score (nSPS) is 12.3. The molecule has 2 N–H and O–H groups in total. The average molecular weight is 227 g/mol. The summed E-state index contributed by atoms with van der Waals surface area (Å²) in [7, 11) is 3.04. The van der Waals surface area contributed by atoms with Gasteiger partial charge in [-0.15, -0.1) is 0 Å². The summed E-state index contributed by atoms with van der Waals surface area (Å²) < 4.78 is 23.7. The molecule has 1 aromatic rings. The van der Waals surface area contributed by atoms with E-state index in [0.717, 1.165) is 12.0 Å².